The third-order valence-electron chi connectivity index (χ3n) is 5.88. The zero-order chi connectivity index (χ0) is 24.1. The van der Waals surface area contributed by atoms with Gasteiger partial charge in [0.25, 0.3) is 0 Å². The number of aromatic nitrogens is 6. The number of hydrogen-bond donors (Lipinski definition) is 2. The fraction of sp³-hybridized carbons (Fsp3) is 0.154. The molecule has 0 unspecified atom stereocenters. The van der Waals surface area contributed by atoms with Crippen molar-refractivity contribution in [1.29, 1.82) is 0 Å². The first-order valence-electron chi connectivity index (χ1n) is 11.1. The summed E-state index contributed by atoms with van der Waals surface area (Å²) in [7, 11) is 3.98. The van der Waals surface area contributed by atoms with E-state index in [9.17, 15) is 0 Å². The molecule has 5 heterocycles. The lowest BCUT2D eigenvalue weighted by Gasteiger charge is -2.11. The highest BCUT2D eigenvalue weighted by molar-refractivity contribution is 7.15. The van der Waals surface area contributed by atoms with E-state index in [4.69, 9.17) is 4.98 Å². The van der Waals surface area contributed by atoms with Crippen LogP contribution in [0.5, 0.6) is 0 Å². The number of pyridine rings is 2. The number of aryl methyl sites for hydroxylation is 1. The maximum Gasteiger partial charge on any atom is 0.178 e. The van der Waals surface area contributed by atoms with Crippen LogP contribution < -0.4 is 0 Å². The van der Waals surface area contributed by atoms with Gasteiger partial charge in [-0.3, -0.25) is 10.1 Å². The predicted molar refractivity (Wildman–Crippen MR) is 138 cm³/mol. The molecule has 0 aliphatic heterocycles. The van der Waals surface area contributed by atoms with Gasteiger partial charge in [-0.2, -0.15) is 5.10 Å². The first-order valence-corrected chi connectivity index (χ1v) is 12.0. The van der Waals surface area contributed by atoms with Crippen molar-refractivity contribution in [2.24, 2.45) is 0 Å². The highest BCUT2D eigenvalue weighted by atomic mass is 32.1. The molecule has 0 bridgehead atoms. The molecule has 1 aromatic carbocycles. The summed E-state index contributed by atoms with van der Waals surface area (Å²) in [5, 5.41) is 8.18. The maximum absolute atomic E-state index is 15.1. The van der Waals surface area contributed by atoms with E-state index in [0.717, 1.165) is 39.0 Å². The topological polar surface area (TPSA) is 86.4 Å². The predicted octanol–water partition coefficient (Wildman–Crippen LogP) is 5.80. The molecule has 0 aliphatic carbocycles. The van der Waals surface area contributed by atoms with Crippen LogP contribution in [-0.4, -0.2) is 49.1 Å². The molecular formula is C26H22FN7S. The molecule has 0 atom stereocenters. The van der Waals surface area contributed by atoms with Crippen LogP contribution in [0, 0.1) is 12.7 Å². The molecule has 9 heteroatoms. The van der Waals surface area contributed by atoms with Gasteiger partial charge in [0.05, 0.1) is 11.0 Å². The third kappa shape index (κ3) is 3.88. The van der Waals surface area contributed by atoms with Gasteiger partial charge in [0.1, 0.15) is 11.5 Å². The Balaban J connectivity index is 1.48. The highest BCUT2D eigenvalue weighted by Crippen LogP contribution is 2.35. The molecule has 5 aromatic heterocycles. The molecule has 0 aliphatic rings. The van der Waals surface area contributed by atoms with Crippen molar-refractivity contribution in [1.82, 2.24) is 35.0 Å². The second-order valence-corrected chi connectivity index (χ2v) is 10.1. The van der Waals surface area contributed by atoms with Crippen LogP contribution in [-0.2, 0) is 6.54 Å². The average Bonchev–Trinajstić information content (AvgIpc) is 3.55. The number of hydrogen-bond acceptors (Lipinski definition) is 6. The van der Waals surface area contributed by atoms with Crippen LogP contribution in [0.25, 0.3) is 55.2 Å². The lowest BCUT2D eigenvalue weighted by atomic mass is 10.0. The molecular weight excluding hydrogens is 461 g/mol. The Morgan fingerprint density at radius 1 is 1.06 bits per heavy atom. The van der Waals surface area contributed by atoms with Gasteiger partial charge in [-0.25, -0.2) is 14.4 Å². The number of nitrogens with one attached hydrogen (secondary N) is 2. The molecule has 0 fully saturated rings. The van der Waals surface area contributed by atoms with Crippen molar-refractivity contribution in [2.45, 2.75) is 13.5 Å². The number of thiophene rings is 1. The molecule has 0 radical (unpaired) electrons. The smallest absolute Gasteiger partial charge is 0.178 e. The van der Waals surface area contributed by atoms with Gasteiger partial charge in [-0.15, -0.1) is 11.3 Å². The van der Waals surface area contributed by atoms with Gasteiger partial charge in [0.2, 0.25) is 0 Å². The molecule has 0 spiro atoms. The quantitative estimate of drug-likeness (QED) is 0.324. The van der Waals surface area contributed by atoms with Crippen molar-refractivity contribution < 1.29 is 4.39 Å². The summed E-state index contributed by atoms with van der Waals surface area (Å²) in [5.41, 5.74) is 5.92. The number of nitrogens with zero attached hydrogens (tertiary/aromatic N) is 5. The van der Waals surface area contributed by atoms with Crippen LogP contribution in [0.3, 0.4) is 0 Å². The van der Waals surface area contributed by atoms with Crippen molar-refractivity contribution >= 4 is 33.4 Å². The second-order valence-electron chi connectivity index (χ2n) is 8.82. The van der Waals surface area contributed by atoms with Gasteiger partial charge >= 0.3 is 0 Å². The van der Waals surface area contributed by atoms with E-state index >= 15 is 4.39 Å². The molecule has 0 amide bonds. The van der Waals surface area contributed by atoms with E-state index in [1.54, 1.807) is 29.9 Å². The average molecular weight is 484 g/mol. The maximum atomic E-state index is 15.1. The van der Waals surface area contributed by atoms with Gasteiger partial charge in [0.15, 0.2) is 11.5 Å². The first-order chi connectivity index (χ1) is 17.0. The lowest BCUT2D eigenvalue weighted by molar-refractivity contribution is 0.402. The summed E-state index contributed by atoms with van der Waals surface area (Å²) >= 11 is 1.72. The largest absolute Gasteiger partial charge is 0.335 e. The zero-order valence-electron chi connectivity index (χ0n) is 19.4. The van der Waals surface area contributed by atoms with Crippen LogP contribution in [0.2, 0.25) is 0 Å². The Kier molecular flexibility index (Phi) is 5.16. The van der Waals surface area contributed by atoms with E-state index in [1.807, 2.05) is 32.3 Å². The third-order valence-corrected chi connectivity index (χ3v) is 6.91. The summed E-state index contributed by atoms with van der Waals surface area (Å²) in [6.45, 7) is 2.81. The van der Waals surface area contributed by atoms with Gasteiger partial charge in [-0.05, 0) is 56.9 Å². The fourth-order valence-electron chi connectivity index (χ4n) is 4.33. The normalized spacial score (nSPS) is 11.8. The van der Waals surface area contributed by atoms with Gasteiger partial charge in [0, 0.05) is 63.0 Å². The minimum absolute atomic E-state index is 0.335. The monoisotopic (exact) mass is 483 g/mol. The van der Waals surface area contributed by atoms with Crippen LogP contribution in [0.15, 0.2) is 55.0 Å². The van der Waals surface area contributed by atoms with Crippen LogP contribution >= 0.6 is 11.3 Å². The van der Waals surface area contributed by atoms with Crippen LogP contribution in [0.1, 0.15) is 10.4 Å². The first kappa shape index (κ1) is 21.6. The zero-order valence-corrected chi connectivity index (χ0v) is 20.2. The standard InChI is InChI=1S/C26H22FN7S/c1-14-4-5-22(35-14)17-6-7-29-25-23(17)30-26(31-25)24-19-9-18(20(27)10-21(19)32-33-24)16-8-15(11-28-12-16)13-34(2)3/h4-12H,13H2,1-3H3,(H,32,33)(H,29,30,31). The van der Waals surface area contributed by atoms with E-state index < -0.39 is 0 Å². The minimum Gasteiger partial charge on any atom is -0.335 e. The SMILES string of the molecule is Cc1ccc(-c2ccnc3nc(-c4n[nH]c5cc(F)c(-c6cncc(CN(C)C)c6)cc45)[nH]c23)s1. The lowest BCUT2D eigenvalue weighted by Crippen LogP contribution is -2.10. The fourth-order valence-corrected chi connectivity index (χ4v) is 5.23. The number of halogens is 1. The van der Waals surface area contributed by atoms with Crippen molar-refractivity contribution in [3.8, 4) is 33.1 Å². The number of H-pyrrole nitrogens is 2. The summed E-state index contributed by atoms with van der Waals surface area (Å²) in [4.78, 5) is 21.3. The molecule has 6 rings (SSSR count). The Bertz CT molecular complexity index is 1700. The summed E-state index contributed by atoms with van der Waals surface area (Å²) in [6.07, 6.45) is 5.25. The van der Waals surface area contributed by atoms with Crippen LogP contribution in [0.4, 0.5) is 4.39 Å². The Morgan fingerprint density at radius 2 is 1.94 bits per heavy atom. The summed E-state index contributed by atoms with van der Waals surface area (Å²) < 4.78 is 15.1. The molecule has 7 nitrogen and oxygen atoms in total. The molecule has 174 valence electrons. The van der Waals surface area contributed by atoms with Crippen molar-refractivity contribution in [3.05, 3.63) is 71.2 Å². The summed E-state index contributed by atoms with van der Waals surface area (Å²) in [5.74, 6) is 0.245. The van der Waals surface area contributed by atoms with Gasteiger partial charge in [-0.1, -0.05) is 0 Å². The van der Waals surface area contributed by atoms with Gasteiger partial charge < -0.3 is 9.88 Å². The van der Waals surface area contributed by atoms with Crippen molar-refractivity contribution in [2.75, 3.05) is 14.1 Å². The second kappa shape index (κ2) is 8.37. The number of fused-ring (bicyclic) bond motifs is 2. The van der Waals surface area contributed by atoms with Crippen molar-refractivity contribution in [3.63, 3.8) is 0 Å². The number of imidazole rings is 1. The van der Waals surface area contributed by atoms with E-state index in [1.165, 1.54) is 10.9 Å². The molecule has 6 aromatic rings. The number of benzene rings is 1. The molecule has 2 N–H and O–H groups in total. The summed E-state index contributed by atoms with van der Waals surface area (Å²) in [6, 6.07) is 11.4. The van der Waals surface area contributed by atoms with E-state index in [2.05, 4.69) is 49.1 Å². The van der Waals surface area contributed by atoms with E-state index in [-0.39, 0.29) is 5.82 Å². The number of aromatic amines is 2. The van der Waals surface area contributed by atoms with E-state index in [0.29, 0.717) is 28.2 Å². The molecule has 0 saturated carbocycles. The highest BCUT2D eigenvalue weighted by Gasteiger charge is 2.18. The Hall–Kier alpha value is -3.95. The Labute approximate surface area is 204 Å². The Morgan fingerprint density at radius 3 is 2.74 bits per heavy atom. The molecule has 35 heavy (non-hydrogen) atoms. The minimum atomic E-state index is -0.335. The number of rotatable bonds is 5. The molecule has 0 saturated heterocycles.